The molecular formula is C19H26N6OS. The highest BCUT2D eigenvalue weighted by Gasteiger charge is 2.25. The number of amides is 1. The summed E-state index contributed by atoms with van der Waals surface area (Å²) in [6, 6.07) is 2.41. The van der Waals surface area contributed by atoms with E-state index in [9.17, 15) is 4.79 Å². The first-order valence-electron chi connectivity index (χ1n) is 9.97. The van der Waals surface area contributed by atoms with Gasteiger partial charge in [-0.15, -0.1) is 10.2 Å². The largest absolute Gasteiger partial charge is 0.355 e. The molecule has 0 atom stereocenters. The number of hydrogen-bond donors (Lipinski definition) is 1. The Labute approximate surface area is 163 Å². The molecule has 4 rings (SSSR count). The lowest BCUT2D eigenvalue weighted by Crippen LogP contribution is -2.45. The lowest BCUT2D eigenvalue weighted by atomic mass is 9.96. The van der Waals surface area contributed by atoms with Crippen LogP contribution in [0.3, 0.4) is 0 Å². The van der Waals surface area contributed by atoms with E-state index < -0.39 is 0 Å². The minimum atomic E-state index is -0.0273. The number of carbonyl (C=O) groups is 1. The molecule has 2 aromatic rings. The summed E-state index contributed by atoms with van der Waals surface area (Å²) in [4.78, 5) is 15.5. The zero-order chi connectivity index (χ0) is 18.6. The predicted molar refractivity (Wildman–Crippen MR) is 105 cm³/mol. The van der Waals surface area contributed by atoms with Gasteiger partial charge in [-0.1, -0.05) is 17.8 Å². The molecule has 7 nitrogen and oxygen atoms in total. The molecule has 144 valence electrons. The van der Waals surface area contributed by atoms with Crippen LogP contribution in [0.2, 0.25) is 0 Å². The van der Waals surface area contributed by atoms with Crippen LogP contribution in [-0.2, 0) is 19.3 Å². The van der Waals surface area contributed by atoms with Crippen LogP contribution >= 0.6 is 11.5 Å². The standard InChI is InChI=1S/C19H26N6OS/c1-2-5-16-18(27-24-22-16)19(26)20-14-8-10-25(11-9-14)17-12-13-6-3-4-7-15(13)21-23-17/h12,14H,2-11H2,1H3,(H,20,26). The molecule has 1 N–H and O–H groups in total. The Morgan fingerprint density at radius 1 is 1.22 bits per heavy atom. The molecule has 1 aliphatic heterocycles. The molecule has 1 fully saturated rings. The molecule has 1 amide bonds. The van der Waals surface area contributed by atoms with Gasteiger partial charge in [0, 0.05) is 19.1 Å². The highest BCUT2D eigenvalue weighted by molar-refractivity contribution is 7.08. The molecular weight excluding hydrogens is 360 g/mol. The molecule has 0 radical (unpaired) electrons. The molecule has 0 saturated carbocycles. The van der Waals surface area contributed by atoms with Crippen molar-refractivity contribution >= 4 is 23.3 Å². The fraction of sp³-hybridized carbons (Fsp3) is 0.632. The average molecular weight is 387 g/mol. The van der Waals surface area contributed by atoms with E-state index in [4.69, 9.17) is 0 Å². The monoisotopic (exact) mass is 386 g/mol. The van der Waals surface area contributed by atoms with Crippen LogP contribution in [0.1, 0.15) is 65.7 Å². The maximum Gasteiger partial charge on any atom is 0.265 e. The Morgan fingerprint density at radius 2 is 2.04 bits per heavy atom. The van der Waals surface area contributed by atoms with Crippen molar-refractivity contribution in [1.82, 2.24) is 25.1 Å². The quantitative estimate of drug-likeness (QED) is 0.850. The zero-order valence-electron chi connectivity index (χ0n) is 15.8. The third kappa shape index (κ3) is 4.10. The predicted octanol–water partition coefficient (Wildman–Crippen LogP) is 2.56. The summed E-state index contributed by atoms with van der Waals surface area (Å²) >= 11 is 1.19. The number of piperidine rings is 1. The maximum absolute atomic E-state index is 12.6. The number of aromatic nitrogens is 4. The summed E-state index contributed by atoms with van der Waals surface area (Å²) in [6.45, 7) is 3.86. The molecule has 3 heterocycles. The van der Waals surface area contributed by atoms with E-state index in [0.29, 0.717) is 4.88 Å². The zero-order valence-corrected chi connectivity index (χ0v) is 16.6. The fourth-order valence-electron chi connectivity index (χ4n) is 3.92. The Balaban J connectivity index is 1.34. The molecule has 1 saturated heterocycles. The SMILES string of the molecule is CCCc1nnsc1C(=O)NC1CCN(c2cc3c(nn2)CCCC3)CC1. The van der Waals surface area contributed by atoms with E-state index in [2.05, 4.69) is 43.0 Å². The second-order valence-electron chi connectivity index (χ2n) is 7.42. The van der Waals surface area contributed by atoms with Gasteiger partial charge in [0.25, 0.3) is 5.91 Å². The van der Waals surface area contributed by atoms with Gasteiger partial charge in [-0.05, 0) is 68.1 Å². The third-order valence-electron chi connectivity index (χ3n) is 5.46. The number of hydrogen-bond acceptors (Lipinski definition) is 7. The van der Waals surface area contributed by atoms with Gasteiger partial charge >= 0.3 is 0 Å². The minimum Gasteiger partial charge on any atom is -0.355 e. The van der Waals surface area contributed by atoms with Crippen LogP contribution < -0.4 is 10.2 Å². The highest BCUT2D eigenvalue weighted by Crippen LogP contribution is 2.24. The van der Waals surface area contributed by atoms with Crippen molar-refractivity contribution < 1.29 is 4.79 Å². The number of anilines is 1. The number of fused-ring (bicyclic) bond motifs is 1. The first-order chi connectivity index (χ1) is 13.2. The van der Waals surface area contributed by atoms with Crippen molar-refractivity contribution in [2.45, 2.75) is 64.3 Å². The van der Waals surface area contributed by atoms with E-state index in [1.807, 2.05) is 0 Å². The number of nitrogens with one attached hydrogen (secondary N) is 1. The van der Waals surface area contributed by atoms with Crippen LogP contribution in [0.15, 0.2) is 6.07 Å². The second-order valence-corrected chi connectivity index (χ2v) is 8.17. The van der Waals surface area contributed by atoms with E-state index in [1.54, 1.807) is 0 Å². The van der Waals surface area contributed by atoms with Crippen LogP contribution in [-0.4, -0.2) is 44.8 Å². The first kappa shape index (κ1) is 18.3. The van der Waals surface area contributed by atoms with Crippen LogP contribution in [0.5, 0.6) is 0 Å². The third-order valence-corrected chi connectivity index (χ3v) is 6.23. The summed E-state index contributed by atoms with van der Waals surface area (Å²) in [7, 11) is 0. The van der Waals surface area contributed by atoms with Gasteiger partial charge < -0.3 is 10.2 Å². The lowest BCUT2D eigenvalue weighted by molar-refractivity contribution is 0.0934. The van der Waals surface area contributed by atoms with Crippen molar-refractivity contribution in [2.24, 2.45) is 0 Å². The number of nitrogens with zero attached hydrogens (tertiary/aromatic N) is 5. The van der Waals surface area contributed by atoms with Crippen molar-refractivity contribution in [2.75, 3.05) is 18.0 Å². The Hall–Kier alpha value is -2.09. The van der Waals surface area contributed by atoms with Gasteiger partial charge in [-0.2, -0.15) is 5.10 Å². The van der Waals surface area contributed by atoms with Crippen molar-refractivity contribution in [3.63, 3.8) is 0 Å². The maximum atomic E-state index is 12.6. The first-order valence-corrected chi connectivity index (χ1v) is 10.7. The van der Waals surface area contributed by atoms with Gasteiger partial charge in [0.1, 0.15) is 4.88 Å². The van der Waals surface area contributed by atoms with E-state index in [1.165, 1.54) is 35.6 Å². The molecule has 0 unspecified atom stereocenters. The lowest BCUT2D eigenvalue weighted by Gasteiger charge is -2.33. The molecule has 0 aromatic carbocycles. The molecule has 27 heavy (non-hydrogen) atoms. The van der Waals surface area contributed by atoms with Gasteiger partial charge in [-0.25, -0.2) is 0 Å². The van der Waals surface area contributed by atoms with Crippen molar-refractivity contribution in [3.05, 3.63) is 27.9 Å². The van der Waals surface area contributed by atoms with Crippen molar-refractivity contribution in [3.8, 4) is 0 Å². The number of aryl methyl sites for hydroxylation is 3. The van der Waals surface area contributed by atoms with Crippen LogP contribution in [0.25, 0.3) is 0 Å². The summed E-state index contributed by atoms with van der Waals surface area (Å²) in [5.74, 6) is 0.956. The smallest absolute Gasteiger partial charge is 0.265 e. The Bertz CT molecular complexity index is 799. The van der Waals surface area contributed by atoms with E-state index in [-0.39, 0.29) is 11.9 Å². The molecule has 2 aromatic heterocycles. The topological polar surface area (TPSA) is 83.9 Å². The minimum absolute atomic E-state index is 0.0273. The normalized spacial score (nSPS) is 17.6. The summed E-state index contributed by atoms with van der Waals surface area (Å²) in [5, 5.41) is 16.2. The number of carbonyl (C=O) groups excluding carboxylic acids is 1. The van der Waals surface area contributed by atoms with Gasteiger partial charge in [0.05, 0.1) is 11.4 Å². The van der Waals surface area contributed by atoms with Gasteiger partial charge in [0.2, 0.25) is 0 Å². The van der Waals surface area contributed by atoms with Crippen molar-refractivity contribution in [1.29, 1.82) is 0 Å². The van der Waals surface area contributed by atoms with E-state index in [0.717, 1.165) is 63.1 Å². The molecule has 0 bridgehead atoms. The van der Waals surface area contributed by atoms with E-state index >= 15 is 0 Å². The molecule has 0 spiro atoms. The fourth-order valence-corrected chi connectivity index (χ4v) is 4.53. The van der Waals surface area contributed by atoms with Gasteiger partial charge in [0.15, 0.2) is 5.82 Å². The highest BCUT2D eigenvalue weighted by atomic mass is 32.1. The molecule has 1 aliphatic carbocycles. The summed E-state index contributed by atoms with van der Waals surface area (Å²) in [5.41, 5.74) is 3.36. The summed E-state index contributed by atoms with van der Waals surface area (Å²) < 4.78 is 3.95. The average Bonchev–Trinajstić information content (AvgIpc) is 3.17. The molecule has 8 heteroatoms. The number of rotatable bonds is 5. The second kappa shape index (κ2) is 8.29. The van der Waals surface area contributed by atoms with Gasteiger partial charge in [-0.3, -0.25) is 4.79 Å². The van der Waals surface area contributed by atoms with Crippen LogP contribution in [0.4, 0.5) is 5.82 Å². The molecule has 2 aliphatic rings. The summed E-state index contributed by atoms with van der Waals surface area (Å²) in [6.07, 6.45) is 8.25. The Morgan fingerprint density at radius 3 is 2.85 bits per heavy atom. The Kier molecular flexibility index (Phi) is 5.61. The van der Waals surface area contributed by atoms with Crippen LogP contribution in [0, 0.1) is 0 Å².